The molecule has 1 aliphatic rings. The van der Waals surface area contributed by atoms with E-state index in [2.05, 4.69) is 63.4 Å². The van der Waals surface area contributed by atoms with E-state index in [1.54, 1.807) is 24.0 Å². The molecule has 1 saturated heterocycles. The number of nitrogens with one attached hydrogen (secondary N) is 1. The molecule has 0 amide bonds. The normalized spacial score (nSPS) is 19.8. The summed E-state index contributed by atoms with van der Waals surface area (Å²) in [7, 11) is 0. The Labute approximate surface area is 155 Å². The number of nitrogens with zero attached hydrogens (tertiary/aromatic N) is 2. The molecule has 2 rings (SSSR count). The second-order valence-corrected chi connectivity index (χ2v) is 7.29. The molecule has 1 N–H and O–H groups in total. The molecular weight excluding hydrogens is 425 g/mol. The Bertz CT molecular complexity index is 613. The third-order valence-electron chi connectivity index (χ3n) is 3.15. The van der Waals surface area contributed by atoms with Crippen molar-refractivity contribution in [2.75, 3.05) is 11.1 Å². The number of thiocarbonyl (C=S) groups is 1. The Morgan fingerprint density at radius 3 is 3.14 bits per heavy atom. The fourth-order valence-corrected chi connectivity index (χ4v) is 4.24. The van der Waals surface area contributed by atoms with Gasteiger partial charge in [0.1, 0.15) is 0 Å². The summed E-state index contributed by atoms with van der Waals surface area (Å²) in [6.45, 7) is 5.83. The van der Waals surface area contributed by atoms with Crippen molar-refractivity contribution in [1.82, 2.24) is 4.90 Å². The summed E-state index contributed by atoms with van der Waals surface area (Å²) >= 11 is 9.64. The smallest absolute Gasteiger partial charge is 0.179 e. The van der Waals surface area contributed by atoms with Crippen molar-refractivity contribution >= 4 is 62.5 Å². The van der Waals surface area contributed by atoms with Crippen LogP contribution in [0.25, 0.3) is 0 Å². The van der Waals surface area contributed by atoms with Crippen molar-refractivity contribution in [3.05, 3.63) is 52.8 Å². The van der Waals surface area contributed by atoms with Gasteiger partial charge in [-0.1, -0.05) is 37.4 Å². The van der Waals surface area contributed by atoms with Gasteiger partial charge in [-0.05, 0) is 65.5 Å². The van der Waals surface area contributed by atoms with Crippen LogP contribution in [0.5, 0.6) is 0 Å². The predicted octanol–water partition coefficient (Wildman–Crippen LogP) is 4.87. The molecule has 0 aromatic heterocycles. The minimum Gasteiger partial charge on any atom is -0.332 e. The molecule has 1 fully saturated rings. The van der Waals surface area contributed by atoms with E-state index < -0.39 is 0 Å². The molecule has 0 spiro atoms. The number of amidine groups is 1. The monoisotopic (exact) mass is 443 g/mol. The van der Waals surface area contributed by atoms with Gasteiger partial charge in [0, 0.05) is 27.3 Å². The van der Waals surface area contributed by atoms with E-state index in [9.17, 15) is 0 Å². The average molecular weight is 443 g/mol. The number of allylic oxidation sites excluding steroid dienone is 2. The van der Waals surface area contributed by atoms with Crippen LogP contribution in [-0.2, 0) is 0 Å². The topological polar surface area (TPSA) is 27.6 Å². The summed E-state index contributed by atoms with van der Waals surface area (Å²) in [6, 6.07) is 8.55. The molecule has 0 radical (unpaired) electrons. The lowest BCUT2D eigenvalue weighted by Gasteiger charge is -2.26. The zero-order valence-corrected chi connectivity index (χ0v) is 16.1. The van der Waals surface area contributed by atoms with Crippen LogP contribution in [0.1, 0.15) is 13.3 Å². The van der Waals surface area contributed by atoms with E-state index in [0.717, 1.165) is 23.0 Å². The number of benzene rings is 1. The largest absolute Gasteiger partial charge is 0.332 e. The first-order chi connectivity index (χ1) is 10.7. The fourth-order valence-electron chi connectivity index (χ4n) is 2.04. The molecule has 1 atom stereocenters. The highest BCUT2D eigenvalue weighted by Crippen LogP contribution is 2.27. The first-order valence-corrected chi connectivity index (χ1v) is 9.47. The van der Waals surface area contributed by atoms with Crippen LogP contribution >= 0.6 is 46.6 Å². The Kier molecular flexibility index (Phi) is 6.91. The number of halogens is 1. The van der Waals surface area contributed by atoms with Gasteiger partial charge in [0.05, 0.1) is 0 Å². The van der Waals surface area contributed by atoms with Crippen LogP contribution in [0.15, 0.2) is 54.2 Å². The van der Waals surface area contributed by atoms with Crippen LogP contribution in [0, 0.1) is 3.57 Å². The quantitative estimate of drug-likeness (QED) is 0.408. The predicted molar refractivity (Wildman–Crippen MR) is 111 cm³/mol. The van der Waals surface area contributed by atoms with Crippen LogP contribution in [0.3, 0.4) is 0 Å². The van der Waals surface area contributed by atoms with Gasteiger partial charge in [0.25, 0.3) is 0 Å². The van der Waals surface area contributed by atoms with Crippen LogP contribution < -0.4 is 5.32 Å². The summed E-state index contributed by atoms with van der Waals surface area (Å²) in [5.41, 5.74) is 1.00. The van der Waals surface area contributed by atoms with Gasteiger partial charge in [-0.25, -0.2) is 4.99 Å². The van der Waals surface area contributed by atoms with Gasteiger partial charge >= 0.3 is 0 Å². The van der Waals surface area contributed by atoms with Gasteiger partial charge in [-0.2, -0.15) is 0 Å². The molecule has 6 heteroatoms. The Balaban J connectivity index is 2.17. The lowest BCUT2D eigenvalue weighted by atomic mass is 10.2. The number of thioether (sulfide) groups is 1. The average Bonchev–Trinajstić information content (AvgIpc) is 2.90. The Hall–Kier alpha value is -0.860. The number of anilines is 1. The molecule has 1 aromatic carbocycles. The molecule has 1 unspecified atom stereocenters. The van der Waals surface area contributed by atoms with E-state index in [1.807, 2.05) is 18.2 Å². The van der Waals surface area contributed by atoms with E-state index in [0.29, 0.717) is 11.2 Å². The minimum absolute atomic E-state index is 0.378. The third kappa shape index (κ3) is 4.57. The summed E-state index contributed by atoms with van der Waals surface area (Å²) in [4.78, 5) is 6.62. The van der Waals surface area contributed by atoms with Crippen LogP contribution in [0.2, 0.25) is 0 Å². The van der Waals surface area contributed by atoms with Gasteiger partial charge in [0.15, 0.2) is 10.3 Å². The first kappa shape index (κ1) is 17.5. The van der Waals surface area contributed by atoms with Crippen molar-refractivity contribution in [3.8, 4) is 0 Å². The van der Waals surface area contributed by atoms with E-state index in [-0.39, 0.29) is 0 Å². The summed E-state index contributed by atoms with van der Waals surface area (Å²) < 4.78 is 1.18. The minimum atomic E-state index is 0.378. The summed E-state index contributed by atoms with van der Waals surface area (Å²) in [5.74, 6) is 1.01. The standard InChI is InChI=1S/C16H18IN3S2/c1-3-5-9-18-16-20(14(4-2)11-22-16)15(21)19-13-8-6-7-12(17)10-13/h3,5-10,14H,1,4,11H2,2H3,(H,19,21)/b9-5+,18-16?. The second kappa shape index (κ2) is 8.69. The lowest BCUT2D eigenvalue weighted by molar-refractivity contribution is 0.483. The molecule has 3 nitrogen and oxygen atoms in total. The van der Waals surface area contributed by atoms with Crippen molar-refractivity contribution < 1.29 is 0 Å². The van der Waals surface area contributed by atoms with Gasteiger partial charge < -0.3 is 5.32 Å². The van der Waals surface area contributed by atoms with Gasteiger partial charge in [-0.3, -0.25) is 4.90 Å². The molecule has 1 aromatic rings. The van der Waals surface area contributed by atoms with Crippen molar-refractivity contribution in [2.24, 2.45) is 4.99 Å². The number of hydrogen-bond acceptors (Lipinski definition) is 3. The van der Waals surface area contributed by atoms with Crippen LogP contribution in [0.4, 0.5) is 5.69 Å². The molecule has 116 valence electrons. The maximum absolute atomic E-state index is 5.61. The zero-order valence-electron chi connectivity index (χ0n) is 12.3. The summed E-state index contributed by atoms with van der Waals surface area (Å²) in [5, 5.41) is 4.96. The van der Waals surface area contributed by atoms with Crippen LogP contribution in [-0.4, -0.2) is 27.0 Å². The van der Waals surface area contributed by atoms with E-state index in [4.69, 9.17) is 12.2 Å². The molecule has 0 bridgehead atoms. The first-order valence-electron chi connectivity index (χ1n) is 6.99. The zero-order chi connectivity index (χ0) is 15.9. The summed E-state index contributed by atoms with van der Waals surface area (Å²) in [6.07, 6.45) is 6.33. The molecule has 1 heterocycles. The highest BCUT2D eigenvalue weighted by atomic mass is 127. The van der Waals surface area contributed by atoms with E-state index in [1.165, 1.54) is 3.57 Å². The van der Waals surface area contributed by atoms with Crippen molar-refractivity contribution in [2.45, 2.75) is 19.4 Å². The van der Waals surface area contributed by atoms with Crippen molar-refractivity contribution in [1.29, 1.82) is 0 Å². The SMILES string of the molecule is C=C/C=C/N=C1SCC(CC)N1C(=S)Nc1cccc(I)c1. The second-order valence-electron chi connectivity index (χ2n) is 4.67. The highest BCUT2D eigenvalue weighted by Gasteiger charge is 2.31. The number of aliphatic imine (C=N–C) groups is 1. The highest BCUT2D eigenvalue weighted by molar-refractivity contribution is 14.1. The third-order valence-corrected chi connectivity index (χ3v) is 5.23. The molecule has 1 aliphatic heterocycles. The molecule has 22 heavy (non-hydrogen) atoms. The van der Waals surface area contributed by atoms with Gasteiger partial charge in [0.2, 0.25) is 0 Å². The number of rotatable bonds is 4. The molecule has 0 aliphatic carbocycles. The molecule has 0 saturated carbocycles. The van der Waals surface area contributed by atoms with Gasteiger partial charge in [-0.15, -0.1) is 0 Å². The maximum Gasteiger partial charge on any atom is 0.179 e. The lowest BCUT2D eigenvalue weighted by Crippen LogP contribution is -2.41. The number of hydrogen-bond donors (Lipinski definition) is 1. The van der Waals surface area contributed by atoms with Crippen molar-refractivity contribution in [3.63, 3.8) is 0 Å². The Morgan fingerprint density at radius 1 is 1.64 bits per heavy atom. The van der Waals surface area contributed by atoms with E-state index >= 15 is 0 Å². The fraction of sp³-hybridized carbons (Fsp3) is 0.250. The molecular formula is C16H18IN3S2. The maximum atomic E-state index is 5.61. The Morgan fingerprint density at radius 2 is 2.45 bits per heavy atom.